The summed E-state index contributed by atoms with van der Waals surface area (Å²) in [6.45, 7) is 0.732. The van der Waals surface area contributed by atoms with Gasteiger partial charge in [-0.2, -0.15) is 0 Å². The molecule has 0 spiro atoms. The van der Waals surface area contributed by atoms with Crippen LogP contribution in [0.1, 0.15) is 11.1 Å². The van der Waals surface area contributed by atoms with Crippen LogP contribution in [0.15, 0.2) is 52.1 Å². The van der Waals surface area contributed by atoms with Crippen LogP contribution in [0.4, 0.5) is 5.69 Å². The minimum Gasteiger partial charge on any atom is -0.409 e. The number of halogens is 2. The van der Waals surface area contributed by atoms with Gasteiger partial charge in [0.05, 0.1) is 0 Å². The van der Waals surface area contributed by atoms with Gasteiger partial charge < -0.3 is 15.8 Å². The number of oxime groups is 1. The van der Waals surface area contributed by atoms with Crippen LogP contribution in [0.25, 0.3) is 0 Å². The Morgan fingerprint density at radius 1 is 1.33 bits per heavy atom. The lowest BCUT2D eigenvalue weighted by Gasteiger charge is -2.20. The second-order valence-corrected chi connectivity index (χ2v) is 5.93. The summed E-state index contributed by atoms with van der Waals surface area (Å²) in [5.41, 5.74) is 8.39. The molecule has 0 aliphatic rings. The highest BCUT2D eigenvalue weighted by atomic mass is 79.9. The quantitative estimate of drug-likeness (QED) is 0.373. The molecule has 110 valence electrons. The Hall–Kier alpha value is -1.72. The van der Waals surface area contributed by atoms with Crippen molar-refractivity contribution < 1.29 is 5.21 Å². The SMILES string of the molecule is CN(Cc1cccc(Cl)c1)c1ccc(/C(N)=N/O)c(Br)c1. The highest BCUT2D eigenvalue weighted by molar-refractivity contribution is 9.10. The van der Waals surface area contributed by atoms with E-state index >= 15 is 0 Å². The third kappa shape index (κ3) is 3.89. The van der Waals surface area contributed by atoms with E-state index in [0.29, 0.717) is 5.56 Å². The first-order valence-electron chi connectivity index (χ1n) is 6.24. The maximum absolute atomic E-state index is 8.73. The topological polar surface area (TPSA) is 61.8 Å². The van der Waals surface area contributed by atoms with Crippen molar-refractivity contribution in [3.63, 3.8) is 0 Å². The van der Waals surface area contributed by atoms with Crippen LogP contribution in [0.2, 0.25) is 5.02 Å². The van der Waals surface area contributed by atoms with Crippen molar-refractivity contribution >= 4 is 39.1 Å². The first kappa shape index (κ1) is 15.7. The smallest absolute Gasteiger partial charge is 0.171 e. The summed E-state index contributed by atoms with van der Waals surface area (Å²) in [5, 5.41) is 12.5. The highest BCUT2D eigenvalue weighted by Gasteiger charge is 2.09. The molecule has 0 bridgehead atoms. The molecular weight excluding hydrogens is 354 g/mol. The maximum atomic E-state index is 8.73. The Morgan fingerprint density at radius 3 is 2.71 bits per heavy atom. The summed E-state index contributed by atoms with van der Waals surface area (Å²) >= 11 is 9.43. The van der Waals surface area contributed by atoms with Gasteiger partial charge in [-0.3, -0.25) is 0 Å². The molecule has 0 saturated heterocycles. The molecule has 3 N–H and O–H groups in total. The number of amidine groups is 1. The third-order valence-corrected chi connectivity index (χ3v) is 3.98. The average Bonchev–Trinajstić information content (AvgIpc) is 2.46. The van der Waals surface area contributed by atoms with E-state index in [4.69, 9.17) is 22.5 Å². The van der Waals surface area contributed by atoms with Crippen LogP contribution >= 0.6 is 27.5 Å². The van der Waals surface area contributed by atoms with Crippen molar-refractivity contribution in [1.82, 2.24) is 0 Å². The Balaban J connectivity index is 2.20. The molecule has 0 unspecified atom stereocenters. The zero-order chi connectivity index (χ0) is 15.4. The minimum atomic E-state index is 0.0749. The molecule has 0 aliphatic carbocycles. The summed E-state index contributed by atoms with van der Waals surface area (Å²) in [6.07, 6.45) is 0. The van der Waals surface area contributed by atoms with Gasteiger partial charge in [-0.1, -0.05) is 28.9 Å². The predicted molar refractivity (Wildman–Crippen MR) is 90.2 cm³/mol. The number of rotatable bonds is 4. The lowest BCUT2D eigenvalue weighted by atomic mass is 10.1. The summed E-state index contributed by atoms with van der Waals surface area (Å²) < 4.78 is 0.772. The number of nitrogens with two attached hydrogens (primary N) is 1. The molecule has 0 fully saturated rings. The van der Waals surface area contributed by atoms with Crippen molar-refractivity contribution in [1.29, 1.82) is 0 Å². The van der Waals surface area contributed by atoms with Gasteiger partial charge in [-0.05, 0) is 51.8 Å². The van der Waals surface area contributed by atoms with E-state index in [0.717, 1.165) is 27.3 Å². The first-order valence-corrected chi connectivity index (χ1v) is 7.41. The average molecular weight is 369 g/mol. The van der Waals surface area contributed by atoms with E-state index in [-0.39, 0.29) is 5.84 Å². The number of nitrogens with zero attached hydrogens (tertiary/aromatic N) is 2. The number of hydrogen-bond acceptors (Lipinski definition) is 3. The second-order valence-electron chi connectivity index (χ2n) is 4.64. The molecule has 6 heteroatoms. The fourth-order valence-corrected chi connectivity index (χ4v) is 2.79. The van der Waals surface area contributed by atoms with Gasteiger partial charge in [0.25, 0.3) is 0 Å². The van der Waals surface area contributed by atoms with Crippen molar-refractivity contribution in [2.45, 2.75) is 6.54 Å². The number of benzene rings is 2. The fourth-order valence-electron chi connectivity index (χ4n) is 2.00. The lowest BCUT2D eigenvalue weighted by Crippen LogP contribution is -2.18. The molecule has 21 heavy (non-hydrogen) atoms. The van der Waals surface area contributed by atoms with Crippen LogP contribution in [-0.4, -0.2) is 18.1 Å². The number of anilines is 1. The minimum absolute atomic E-state index is 0.0749. The second kappa shape index (κ2) is 6.83. The first-order chi connectivity index (χ1) is 10.0. The molecule has 0 aliphatic heterocycles. The van der Waals surface area contributed by atoms with E-state index in [1.54, 1.807) is 0 Å². The van der Waals surface area contributed by atoms with Crippen molar-refractivity contribution in [2.24, 2.45) is 10.9 Å². The van der Waals surface area contributed by atoms with E-state index in [9.17, 15) is 0 Å². The Kier molecular flexibility index (Phi) is 5.09. The van der Waals surface area contributed by atoms with E-state index < -0.39 is 0 Å². The normalized spacial score (nSPS) is 11.5. The molecule has 2 aromatic rings. The summed E-state index contributed by atoms with van der Waals surface area (Å²) in [5.74, 6) is 0.0749. The maximum Gasteiger partial charge on any atom is 0.171 e. The molecule has 0 heterocycles. The molecule has 0 aromatic heterocycles. The van der Waals surface area contributed by atoms with Gasteiger partial charge in [0.1, 0.15) is 0 Å². The van der Waals surface area contributed by atoms with Crippen LogP contribution in [0, 0.1) is 0 Å². The van der Waals surface area contributed by atoms with Gasteiger partial charge in [0.15, 0.2) is 5.84 Å². The molecule has 2 rings (SSSR count). The van der Waals surface area contributed by atoms with E-state index in [1.807, 2.05) is 49.5 Å². The lowest BCUT2D eigenvalue weighted by molar-refractivity contribution is 0.318. The van der Waals surface area contributed by atoms with Gasteiger partial charge in [0, 0.05) is 34.3 Å². The summed E-state index contributed by atoms with van der Waals surface area (Å²) in [7, 11) is 1.99. The molecule has 0 radical (unpaired) electrons. The third-order valence-electron chi connectivity index (χ3n) is 3.09. The van der Waals surface area contributed by atoms with Crippen LogP contribution in [0.5, 0.6) is 0 Å². The molecule has 0 atom stereocenters. The van der Waals surface area contributed by atoms with Crippen LogP contribution < -0.4 is 10.6 Å². The largest absolute Gasteiger partial charge is 0.409 e. The molecule has 0 saturated carbocycles. The number of hydrogen-bond donors (Lipinski definition) is 2. The molecule has 4 nitrogen and oxygen atoms in total. The highest BCUT2D eigenvalue weighted by Crippen LogP contribution is 2.25. The fraction of sp³-hybridized carbons (Fsp3) is 0.133. The molecule has 0 amide bonds. The standard InChI is InChI=1S/C15H15BrClN3O/c1-20(9-10-3-2-4-11(17)7-10)12-5-6-13(14(16)8-12)15(18)19-21/h2-8,21H,9H2,1H3,(H2,18,19). The summed E-state index contributed by atoms with van der Waals surface area (Å²) in [6, 6.07) is 13.4. The Bertz CT molecular complexity index is 676. The van der Waals surface area contributed by atoms with Crippen molar-refractivity contribution in [3.05, 3.63) is 63.1 Å². The van der Waals surface area contributed by atoms with Crippen molar-refractivity contribution in [2.75, 3.05) is 11.9 Å². The van der Waals surface area contributed by atoms with E-state index in [2.05, 4.69) is 26.0 Å². The zero-order valence-electron chi connectivity index (χ0n) is 11.4. The van der Waals surface area contributed by atoms with Crippen molar-refractivity contribution in [3.8, 4) is 0 Å². The molecular formula is C15H15BrClN3O. The summed E-state index contributed by atoms with van der Waals surface area (Å²) in [4.78, 5) is 2.09. The zero-order valence-corrected chi connectivity index (χ0v) is 13.8. The van der Waals surface area contributed by atoms with Crippen LogP contribution in [0.3, 0.4) is 0 Å². The van der Waals surface area contributed by atoms with Gasteiger partial charge in [-0.25, -0.2) is 0 Å². The van der Waals surface area contributed by atoms with E-state index in [1.165, 1.54) is 0 Å². The monoisotopic (exact) mass is 367 g/mol. The van der Waals surface area contributed by atoms with Gasteiger partial charge in [0.2, 0.25) is 0 Å². The Labute approximate surface area is 136 Å². The Morgan fingerprint density at radius 2 is 2.10 bits per heavy atom. The molecule has 2 aromatic carbocycles. The van der Waals surface area contributed by atoms with Crippen LogP contribution in [-0.2, 0) is 6.54 Å². The van der Waals surface area contributed by atoms with Gasteiger partial charge >= 0.3 is 0 Å². The predicted octanol–water partition coefficient (Wildman–Crippen LogP) is 3.83. The van der Waals surface area contributed by atoms with Gasteiger partial charge in [-0.15, -0.1) is 0 Å².